The number of rotatable bonds is 27. The van der Waals surface area contributed by atoms with Crippen LogP contribution in [0.2, 0.25) is 0 Å². The molecule has 0 saturated carbocycles. The third kappa shape index (κ3) is 30.3. The highest BCUT2D eigenvalue weighted by Crippen LogP contribution is 2.11. The predicted molar refractivity (Wildman–Crippen MR) is 169 cm³/mol. The van der Waals surface area contributed by atoms with Gasteiger partial charge in [0, 0.05) is 12.8 Å². The summed E-state index contributed by atoms with van der Waals surface area (Å²) in [6, 6.07) is 0. The van der Waals surface area contributed by atoms with Gasteiger partial charge in [-0.1, -0.05) is 126 Å². The summed E-state index contributed by atoms with van der Waals surface area (Å²) in [6.45, 7) is 4.01. The van der Waals surface area contributed by atoms with Crippen LogP contribution in [-0.4, -0.2) is 47.6 Å². The lowest BCUT2D eigenvalue weighted by Crippen LogP contribution is -2.25. The number of ether oxygens (including phenoxy) is 2. The maximum atomic E-state index is 11.9. The molecule has 0 saturated heterocycles. The minimum atomic E-state index is -1.00. The highest BCUT2D eigenvalue weighted by Gasteiger charge is 2.11. The zero-order valence-corrected chi connectivity index (χ0v) is 25.9. The molecule has 0 aromatic heterocycles. The van der Waals surface area contributed by atoms with E-state index in [4.69, 9.17) is 9.47 Å². The van der Waals surface area contributed by atoms with Gasteiger partial charge in [0.05, 0.1) is 6.10 Å². The highest BCUT2D eigenvalue weighted by atomic mass is 16.6. The molecule has 41 heavy (non-hydrogen) atoms. The monoisotopic (exact) mass is 574 g/mol. The molecule has 0 aromatic carbocycles. The standard InChI is InChI=1S/C35H58O6/c1-3-5-7-9-11-12-16-20-24-28-34(38)40-30-33(37)31-41-35(39)29-25-21-17-14-13-15-19-23-27-32(36)26-22-18-10-8-6-4-2/h6,8,14-15,17-19,22-23,27,32-33,36-37H,3-5,7,9-13,16,20-21,24-26,28-31H2,1-2H3/b8-6-,17-14-,19-15-,22-18-,27-23+/t32?,33-/m1/s1. The summed E-state index contributed by atoms with van der Waals surface area (Å²) in [5.74, 6) is -0.679. The van der Waals surface area contributed by atoms with Crippen LogP contribution in [0.1, 0.15) is 123 Å². The predicted octanol–water partition coefficient (Wildman–Crippen LogP) is 8.25. The Labute approximate surface area is 250 Å². The maximum absolute atomic E-state index is 11.9. The lowest BCUT2D eigenvalue weighted by molar-refractivity contribution is -0.152. The Bertz CT molecular complexity index is 765. The number of aliphatic hydroxyl groups excluding tert-OH is 2. The van der Waals surface area contributed by atoms with Crippen molar-refractivity contribution < 1.29 is 29.3 Å². The molecule has 6 heteroatoms. The van der Waals surface area contributed by atoms with Crippen molar-refractivity contribution in [2.24, 2.45) is 0 Å². The van der Waals surface area contributed by atoms with Crippen molar-refractivity contribution >= 4 is 11.9 Å². The van der Waals surface area contributed by atoms with Crippen molar-refractivity contribution in [3.05, 3.63) is 60.8 Å². The van der Waals surface area contributed by atoms with Crippen LogP contribution in [0, 0.1) is 0 Å². The van der Waals surface area contributed by atoms with Gasteiger partial charge in [-0.05, 0) is 44.9 Å². The van der Waals surface area contributed by atoms with Gasteiger partial charge in [-0.2, -0.15) is 0 Å². The van der Waals surface area contributed by atoms with Gasteiger partial charge in [0.15, 0.2) is 0 Å². The van der Waals surface area contributed by atoms with Gasteiger partial charge in [0.25, 0.3) is 0 Å². The summed E-state index contributed by atoms with van der Waals surface area (Å²) in [4.78, 5) is 23.7. The van der Waals surface area contributed by atoms with Gasteiger partial charge >= 0.3 is 11.9 Å². The summed E-state index contributed by atoms with van der Waals surface area (Å²) in [5.41, 5.74) is 0. The van der Waals surface area contributed by atoms with Crippen molar-refractivity contribution in [2.75, 3.05) is 13.2 Å². The van der Waals surface area contributed by atoms with Crippen LogP contribution in [0.5, 0.6) is 0 Å². The van der Waals surface area contributed by atoms with Gasteiger partial charge in [-0.15, -0.1) is 0 Å². The Balaban J connectivity index is 3.69. The van der Waals surface area contributed by atoms with Crippen LogP contribution in [-0.2, 0) is 19.1 Å². The fourth-order valence-corrected chi connectivity index (χ4v) is 3.91. The van der Waals surface area contributed by atoms with Gasteiger partial charge < -0.3 is 19.7 Å². The average Bonchev–Trinajstić information content (AvgIpc) is 2.96. The van der Waals surface area contributed by atoms with Gasteiger partial charge in [-0.25, -0.2) is 0 Å². The van der Waals surface area contributed by atoms with Crippen LogP contribution in [0.25, 0.3) is 0 Å². The number of unbranched alkanes of at least 4 members (excludes halogenated alkanes) is 9. The average molecular weight is 575 g/mol. The molecule has 1 unspecified atom stereocenters. The molecular formula is C35H58O6. The van der Waals surface area contributed by atoms with Gasteiger partial charge in [0.1, 0.15) is 19.3 Å². The smallest absolute Gasteiger partial charge is 0.305 e. The third-order valence-corrected chi connectivity index (χ3v) is 6.35. The molecular weight excluding hydrogens is 516 g/mol. The van der Waals surface area contributed by atoms with E-state index in [0.717, 1.165) is 44.9 Å². The lowest BCUT2D eigenvalue weighted by atomic mass is 10.1. The zero-order valence-electron chi connectivity index (χ0n) is 25.9. The number of carbonyl (C=O) groups is 2. The summed E-state index contributed by atoms with van der Waals surface area (Å²) in [5, 5.41) is 19.8. The van der Waals surface area contributed by atoms with Crippen molar-refractivity contribution in [3.8, 4) is 0 Å². The first kappa shape index (κ1) is 38.6. The van der Waals surface area contributed by atoms with Crippen LogP contribution < -0.4 is 0 Å². The third-order valence-electron chi connectivity index (χ3n) is 6.35. The van der Waals surface area contributed by atoms with E-state index in [0.29, 0.717) is 19.3 Å². The Morgan fingerprint density at radius 1 is 0.634 bits per heavy atom. The SMILES string of the molecule is CC/C=C\C/C=C\CC(O)/C=C/C=C\C/C=C\CCCC(=O)OC[C@H](O)COC(=O)CCCCCCCCCCC. The Kier molecular flexibility index (Phi) is 28.7. The second-order valence-corrected chi connectivity index (χ2v) is 10.4. The van der Waals surface area contributed by atoms with E-state index >= 15 is 0 Å². The number of allylic oxidation sites excluding steroid dienone is 8. The van der Waals surface area contributed by atoms with E-state index in [2.05, 4.69) is 32.1 Å². The van der Waals surface area contributed by atoms with Gasteiger partial charge in [-0.3, -0.25) is 9.59 Å². The lowest BCUT2D eigenvalue weighted by Gasteiger charge is -2.12. The molecule has 234 valence electrons. The van der Waals surface area contributed by atoms with Crippen LogP contribution in [0.15, 0.2) is 60.8 Å². The highest BCUT2D eigenvalue weighted by molar-refractivity contribution is 5.69. The molecule has 0 radical (unpaired) electrons. The van der Waals surface area contributed by atoms with Crippen molar-refractivity contribution in [2.45, 2.75) is 135 Å². The second-order valence-electron chi connectivity index (χ2n) is 10.4. The first-order valence-electron chi connectivity index (χ1n) is 15.9. The maximum Gasteiger partial charge on any atom is 0.305 e. The molecule has 0 aliphatic heterocycles. The molecule has 0 heterocycles. The molecule has 0 bridgehead atoms. The molecule has 0 rings (SSSR count). The summed E-state index contributed by atoms with van der Waals surface area (Å²) in [6.07, 6.45) is 34.5. The Morgan fingerprint density at radius 3 is 1.85 bits per heavy atom. The normalized spacial score (nSPS) is 13.8. The topological polar surface area (TPSA) is 93.1 Å². The molecule has 0 aromatic rings. The van der Waals surface area contributed by atoms with E-state index < -0.39 is 12.2 Å². The largest absolute Gasteiger partial charge is 0.463 e. The summed E-state index contributed by atoms with van der Waals surface area (Å²) >= 11 is 0. The number of hydrogen-bond donors (Lipinski definition) is 2. The van der Waals surface area contributed by atoms with Crippen LogP contribution in [0.3, 0.4) is 0 Å². The number of hydrogen-bond acceptors (Lipinski definition) is 6. The minimum absolute atomic E-state index is 0.151. The Morgan fingerprint density at radius 2 is 1.20 bits per heavy atom. The van der Waals surface area contributed by atoms with E-state index in [1.165, 1.54) is 38.5 Å². The Hall–Kier alpha value is -2.44. The van der Waals surface area contributed by atoms with Crippen LogP contribution in [0.4, 0.5) is 0 Å². The molecule has 2 atom stereocenters. The molecule has 0 spiro atoms. The number of carbonyl (C=O) groups excluding carboxylic acids is 2. The fourth-order valence-electron chi connectivity index (χ4n) is 3.91. The van der Waals surface area contributed by atoms with Crippen molar-refractivity contribution in [1.82, 2.24) is 0 Å². The number of aliphatic hydroxyl groups is 2. The molecule has 0 aliphatic carbocycles. The zero-order chi connectivity index (χ0) is 30.2. The second kappa shape index (κ2) is 30.5. The van der Waals surface area contributed by atoms with E-state index in [1.807, 2.05) is 36.5 Å². The number of esters is 2. The van der Waals surface area contributed by atoms with Gasteiger partial charge in [0.2, 0.25) is 0 Å². The first-order valence-corrected chi connectivity index (χ1v) is 15.9. The molecule has 0 amide bonds. The summed E-state index contributed by atoms with van der Waals surface area (Å²) < 4.78 is 10.2. The minimum Gasteiger partial charge on any atom is -0.463 e. The first-order chi connectivity index (χ1) is 20.0. The van der Waals surface area contributed by atoms with E-state index in [9.17, 15) is 19.8 Å². The summed E-state index contributed by atoms with van der Waals surface area (Å²) in [7, 11) is 0. The fraction of sp³-hybridized carbons (Fsp3) is 0.657. The van der Waals surface area contributed by atoms with Crippen molar-refractivity contribution in [3.63, 3.8) is 0 Å². The molecule has 0 fully saturated rings. The van der Waals surface area contributed by atoms with Crippen LogP contribution >= 0.6 is 0 Å². The molecule has 6 nitrogen and oxygen atoms in total. The quantitative estimate of drug-likeness (QED) is 0.0444. The molecule has 0 aliphatic rings. The van der Waals surface area contributed by atoms with E-state index in [1.54, 1.807) is 6.08 Å². The van der Waals surface area contributed by atoms with E-state index in [-0.39, 0.29) is 31.6 Å². The van der Waals surface area contributed by atoms with Crippen molar-refractivity contribution in [1.29, 1.82) is 0 Å². The molecule has 2 N–H and O–H groups in total.